The number of aromatic nitrogens is 4. The summed E-state index contributed by atoms with van der Waals surface area (Å²) in [6.45, 7) is 0.116. The molecule has 6 nitrogen and oxygen atoms in total. The molecule has 0 aliphatic carbocycles. The molecule has 0 bridgehead atoms. The van der Waals surface area contributed by atoms with E-state index in [-0.39, 0.29) is 11.6 Å². The largest absolute Gasteiger partial charge is 0.328 e. The summed E-state index contributed by atoms with van der Waals surface area (Å²) in [7, 11) is 0. The molecule has 0 amide bonds. The molecule has 0 aliphatic heterocycles. The third kappa shape index (κ3) is 2.16. The minimum absolute atomic E-state index is 0.0705. The van der Waals surface area contributed by atoms with Crippen molar-refractivity contribution in [1.29, 1.82) is 0 Å². The Morgan fingerprint density at radius 1 is 1.44 bits per heavy atom. The van der Waals surface area contributed by atoms with Gasteiger partial charge in [0.15, 0.2) is 0 Å². The van der Waals surface area contributed by atoms with E-state index >= 15 is 0 Å². The maximum absolute atomic E-state index is 11.4. The minimum Gasteiger partial charge on any atom is -0.293 e. The van der Waals surface area contributed by atoms with E-state index in [1.807, 2.05) is 0 Å². The van der Waals surface area contributed by atoms with Crippen LogP contribution in [0.4, 0.5) is 0 Å². The lowest BCUT2D eigenvalue weighted by atomic mass is 10.5. The molecule has 0 spiro atoms. The van der Waals surface area contributed by atoms with E-state index in [9.17, 15) is 9.59 Å². The van der Waals surface area contributed by atoms with E-state index in [2.05, 4.69) is 14.6 Å². The van der Waals surface area contributed by atoms with E-state index in [1.54, 1.807) is 0 Å². The van der Waals surface area contributed by atoms with Gasteiger partial charge in [-0.3, -0.25) is 14.3 Å². The van der Waals surface area contributed by atoms with E-state index in [4.69, 9.17) is 23.2 Å². The normalized spacial score (nSPS) is 10.6. The van der Waals surface area contributed by atoms with Crippen molar-refractivity contribution in [2.24, 2.45) is 0 Å². The Morgan fingerprint density at radius 3 is 2.81 bits per heavy atom. The van der Waals surface area contributed by atoms with Crippen molar-refractivity contribution in [1.82, 2.24) is 19.1 Å². The predicted molar refractivity (Wildman–Crippen MR) is 60.4 cm³/mol. The van der Waals surface area contributed by atoms with Gasteiger partial charge in [-0.05, 0) is 0 Å². The molecule has 0 aromatic carbocycles. The second-order valence-electron chi connectivity index (χ2n) is 2.86. The molecule has 2 rings (SSSR count). The zero-order valence-corrected chi connectivity index (χ0v) is 9.94. The van der Waals surface area contributed by atoms with Gasteiger partial charge in [0, 0.05) is 17.7 Å². The summed E-state index contributed by atoms with van der Waals surface area (Å²) < 4.78 is 5.23. The Balaban J connectivity index is 2.43. The maximum Gasteiger partial charge on any atom is 0.328 e. The summed E-state index contributed by atoms with van der Waals surface area (Å²) in [4.78, 5) is 24.5. The third-order valence-electron chi connectivity index (χ3n) is 1.80. The smallest absolute Gasteiger partial charge is 0.293 e. The van der Waals surface area contributed by atoms with E-state index < -0.39 is 11.2 Å². The van der Waals surface area contributed by atoms with Gasteiger partial charge in [-0.25, -0.2) is 4.79 Å². The molecular weight excluding hydrogens is 275 g/mol. The number of hydrogen-bond acceptors (Lipinski definition) is 5. The topological polar surface area (TPSA) is 80.6 Å². The van der Waals surface area contributed by atoms with Crippen LogP contribution in [0.5, 0.6) is 0 Å². The SMILES string of the molecule is O=c1[nH]c(=O)n(Cc2nnsc2Cl)cc1Cl. The molecule has 84 valence electrons. The maximum atomic E-state index is 11.4. The van der Waals surface area contributed by atoms with E-state index in [0.29, 0.717) is 10.0 Å². The quantitative estimate of drug-likeness (QED) is 0.879. The number of halogens is 2. The third-order valence-corrected chi connectivity index (χ3v) is 3.05. The molecule has 0 saturated heterocycles. The Hall–Kier alpha value is -1.18. The van der Waals surface area contributed by atoms with Crippen LogP contribution < -0.4 is 11.2 Å². The summed E-state index contributed by atoms with van der Waals surface area (Å²) in [6.07, 6.45) is 1.23. The molecule has 0 radical (unpaired) electrons. The molecule has 9 heteroatoms. The fraction of sp³-hybridized carbons (Fsp3) is 0.143. The molecule has 2 heterocycles. The van der Waals surface area contributed by atoms with Crippen LogP contribution in [0.1, 0.15) is 5.69 Å². The number of hydrogen-bond donors (Lipinski definition) is 1. The molecule has 0 saturated carbocycles. The predicted octanol–water partition coefficient (Wildman–Crippen LogP) is 0.743. The van der Waals surface area contributed by atoms with Crippen LogP contribution in [0, 0.1) is 0 Å². The van der Waals surface area contributed by atoms with Gasteiger partial charge >= 0.3 is 5.69 Å². The minimum atomic E-state index is -0.620. The van der Waals surface area contributed by atoms with Crippen molar-refractivity contribution in [2.45, 2.75) is 6.54 Å². The molecule has 0 atom stereocenters. The highest BCUT2D eigenvalue weighted by Crippen LogP contribution is 2.17. The first-order chi connectivity index (χ1) is 7.58. The summed E-state index contributed by atoms with van der Waals surface area (Å²) in [5, 5.41) is 3.68. The molecule has 2 aromatic heterocycles. The van der Waals surface area contributed by atoms with Gasteiger partial charge in [0.25, 0.3) is 5.56 Å². The first-order valence-electron chi connectivity index (χ1n) is 4.04. The van der Waals surface area contributed by atoms with Crippen molar-refractivity contribution < 1.29 is 0 Å². The summed E-state index contributed by atoms with van der Waals surface area (Å²) in [5.41, 5.74) is -0.735. The van der Waals surface area contributed by atoms with Crippen LogP contribution >= 0.6 is 34.7 Å². The zero-order valence-electron chi connectivity index (χ0n) is 7.61. The number of H-pyrrole nitrogens is 1. The summed E-state index contributed by atoms with van der Waals surface area (Å²) >= 11 is 12.4. The average molecular weight is 279 g/mol. The molecule has 0 unspecified atom stereocenters. The van der Waals surface area contributed by atoms with Gasteiger partial charge < -0.3 is 0 Å². The second kappa shape index (κ2) is 4.36. The molecule has 16 heavy (non-hydrogen) atoms. The average Bonchev–Trinajstić information content (AvgIpc) is 2.61. The lowest BCUT2D eigenvalue weighted by Gasteiger charge is -2.02. The van der Waals surface area contributed by atoms with Gasteiger partial charge in [0.1, 0.15) is 15.1 Å². The van der Waals surface area contributed by atoms with Crippen LogP contribution in [-0.4, -0.2) is 19.1 Å². The van der Waals surface area contributed by atoms with E-state index in [1.165, 1.54) is 10.8 Å². The molecule has 1 N–H and O–H groups in total. The number of rotatable bonds is 2. The highest BCUT2D eigenvalue weighted by Gasteiger charge is 2.08. The molecule has 0 fully saturated rings. The van der Waals surface area contributed by atoms with Crippen molar-refractivity contribution in [3.05, 3.63) is 42.1 Å². The molecular formula is C7H4Cl2N4O2S. The van der Waals surface area contributed by atoms with Crippen molar-refractivity contribution in [2.75, 3.05) is 0 Å². The summed E-state index contributed by atoms with van der Waals surface area (Å²) in [6, 6.07) is 0. The highest BCUT2D eigenvalue weighted by atomic mass is 35.5. The first-order valence-corrected chi connectivity index (χ1v) is 5.57. The van der Waals surface area contributed by atoms with Crippen LogP contribution in [0.3, 0.4) is 0 Å². The van der Waals surface area contributed by atoms with Gasteiger partial charge in [-0.15, -0.1) is 5.10 Å². The van der Waals surface area contributed by atoms with Gasteiger partial charge in [0.2, 0.25) is 0 Å². The van der Waals surface area contributed by atoms with Crippen molar-refractivity contribution >= 4 is 34.7 Å². The Bertz CT molecular complexity index is 632. The Morgan fingerprint density at radius 2 is 2.19 bits per heavy atom. The second-order valence-corrected chi connectivity index (χ2v) is 4.62. The van der Waals surface area contributed by atoms with Gasteiger partial charge in [0.05, 0.1) is 6.54 Å². The van der Waals surface area contributed by atoms with Crippen LogP contribution in [0.25, 0.3) is 0 Å². The van der Waals surface area contributed by atoms with Gasteiger partial charge in [-0.1, -0.05) is 27.7 Å². The lowest BCUT2D eigenvalue weighted by Crippen LogP contribution is -2.30. The van der Waals surface area contributed by atoms with Gasteiger partial charge in [-0.2, -0.15) is 0 Å². The first kappa shape index (κ1) is 11.3. The number of nitrogens with zero attached hydrogens (tertiary/aromatic N) is 3. The number of aromatic amines is 1. The standard InChI is InChI=1S/C7H4Cl2N4O2S/c8-3-1-13(7(15)10-6(3)14)2-4-5(9)16-12-11-4/h1H,2H2,(H,10,14,15). The Labute approximate surface area is 103 Å². The zero-order chi connectivity index (χ0) is 11.7. The fourth-order valence-corrected chi connectivity index (χ4v) is 1.83. The highest BCUT2D eigenvalue weighted by molar-refractivity contribution is 7.10. The van der Waals surface area contributed by atoms with Crippen LogP contribution in [0.15, 0.2) is 15.8 Å². The van der Waals surface area contributed by atoms with Crippen LogP contribution in [-0.2, 0) is 6.54 Å². The van der Waals surface area contributed by atoms with Crippen LogP contribution in [0.2, 0.25) is 9.36 Å². The van der Waals surface area contributed by atoms with E-state index in [0.717, 1.165) is 11.5 Å². The van der Waals surface area contributed by atoms with Crippen molar-refractivity contribution in [3.8, 4) is 0 Å². The molecule has 2 aromatic rings. The summed E-state index contributed by atoms with van der Waals surface area (Å²) in [5.74, 6) is 0. The number of nitrogens with one attached hydrogen (secondary N) is 1. The fourth-order valence-electron chi connectivity index (χ4n) is 1.05. The molecule has 0 aliphatic rings. The lowest BCUT2D eigenvalue weighted by molar-refractivity contribution is 0.703. The Kier molecular flexibility index (Phi) is 3.08. The monoisotopic (exact) mass is 278 g/mol. The van der Waals surface area contributed by atoms with Crippen molar-refractivity contribution in [3.63, 3.8) is 0 Å².